The van der Waals surface area contributed by atoms with E-state index < -0.39 is 5.91 Å². The molecule has 0 heterocycles. The van der Waals surface area contributed by atoms with Crippen LogP contribution >= 0.6 is 11.6 Å². The van der Waals surface area contributed by atoms with Crippen molar-refractivity contribution in [2.75, 3.05) is 13.0 Å². The fourth-order valence-corrected chi connectivity index (χ4v) is 1.32. The lowest BCUT2D eigenvalue weighted by Gasteiger charge is -2.05. The molecule has 4 nitrogen and oxygen atoms in total. The van der Waals surface area contributed by atoms with E-state index in [0.29, 0.717) is 29.2 Å². The third kappa shape index (κ3) is 3.66. The summed E-state index contributed by atoms with van der Waals surface area (Å²) < 4.78 is 5.04. The van der Waals surface area contributed by atoms with Crippen LogP contribution in [0.1, 0.15) is 22.3 Å². The van der Waals surface area contributed by atoms with E-state index in [2.05, 4.69) is 17.3 Å². The summed E-state index contributed by atoms with van der Waals surface area (Å²) in [5.41, 5.74) is 3.05. The second-order valence-electron chi connectivity index (χ2n) is 3.13. The van der Waals surface area contributed by atoms with Gasteiger partial charge in [0.1, 0.15) is 5.75 Å². The molecule has 0 unspecified atom stereocenters. The van der Waals surface area contributed by atoms with Crippen LogP contribution in [0, 0.1) is 11.8 Å². The van der Waals surface area contributed by atoms with Gasteiger partial charge in [-0.15, -0.1) is 11.6 Å². The molecule has 0 spiro atoms. The highest BCUT2D eigenvalue weighted by Gasteiger charge is 2.10. The van der Waals surface area contributed by atoms with Crippen molar-refractivity contribution in [3.8, 4) is 17.6 Å². The van der Waals surface area contributed by atoms with Gasteiger partial charge in [0, 0.05) is 17.9 Å². The van der Waals surface area contributed by atoms with Crippen LogP contribution in [0.5, 0.6) is 5.75 Å². The van der Waals surface area contributed by atoms with Crippen LogP contribution in [0.2, 0.25) is 0 Å². The van der Waals surface area contributed by atoms with E-state index in [1.165, 1.54) is 7.11 Å². The summed E-state index contributed by atoms with van der Waals surface area (Å²) in [6.07, 6.45) is 0.567. The van der Waals surface area contributed by atoms with Crippen LogP contribution < -0.4 is 16.0 Å². The summed E-state index contributed by atoms with van der Waals surface area (Å²) in [6.45, 7) is 0. The zero-order valence-electron chi connectivity index (χ0n) is 9.42. The third-order valence-electron chi connectivity index (χ3n) is 2.05. The molecule has 1 amide bonds. The van der Waals surface area contributed by atoms with Crippen molar-refractivity contribution < 1.29 is 9.53 Å². The number of hydrogen-bond acceptors (Lipinski definition) is 3. The van der Waals surface area contributed by atoms with Crippen molar-refractivity contribution in [3.63, 3.8) is 0 Å². The second kappa shape index (κ2) is 6.79. The molecule has 0 atom stereocenters. The van der Waals surface area contributed by atoms with E-state index in [0.717, 1.165) is 0 Å². The van der Waals surface area contributed by atoms with Gasteiger partial charge in [-0.25, -0.2) is 5.84 Å². The van der Waals surface area contributed by atoms with Gasteiger partial charge in [-0.3, -0.25) is 10.2 Å². The molecule has 0 aliphatic heterocycles. The summed E-state index contributed by atoms with van der Waals surface area (Å²) in [5, 5.41) is 0. The lowest BCUT2D eigenvalue weighted by molar-refractivity contribution is 0.0953. The molecule has 3 N–H and O–H groups in total. The summed E-state index contributed by atoms with van der Waals surface area (Å²) >= 11 is 5.52. The van der Waals surface area contributed by atoms with Crippen molar-refractivity contribution in [1.82, 2.24) is 5.43 Å². The zero-order chi connectivity index (χ0) is 12.7. The molecule has 0 bridgehead atoms. The Labute approximate surface area is 105 Å². The minimum atomic E-state index is -0.404. The minimum Gasteiger partial charge on any atom is -0.497 e. The van der Waals surface area contributed by atoms with Crippen molar-refractivity contribution in [1.29, 1.82) is 0 Å². The standard InChI is InChI=1S/C12H13ClN2O2/c1-17-10-6-5-9(4-2-3-7-13)11(8-10)12(16)15-14/h5-6,8H,3,7,14H2,1H3,(H,15,16). The lowest BCUT2D eigenvalue weighted by Crippen LogP contribution is -2.30. The van der Waals surface area contributed by atoms with Crippen LogP contribution in [0.15, 0.2) is 18.2 Å². The summed E-state index contributed by atoms with van der Waals surface area (Å²) in [4.78, 5) is 11.5. The first-order valence-electron chi connectivity index (χ1n) is 4.96. The van der Waals surface area contributed by atoms with Gasteiger partial charge in [0.2, 0.25) is 0 Å². The normalized spacial score (nSPS) is 9.12. The van der Waals surface area contributed by atoms with E-state index in [1.807, 2.05) is 0 Å². The Hall–Kier alpha value is -1.70. The average Bonchev–Trinajstić information content (AvgIpc) is 2.38. The molecule has 1 rings (SSSR count). The number of nitrogen functional groups attached to an aromatic ring is 1. The molecule has 0 saturated heterocycles. The molecule has 5 heteroatoms. The third-order valence-corrected chi connectivity index (χ3v) is 2.23. The molecule has 1 aromatic carbocycles. The minimum absolute atomic E-state index is 0.383. The van der Waals surface area contributed by atoms with E-state index in [1.54, 1.807) is 18.2 Å². The predicted molar refractivity (Wildman–Crippen MR) is 66.9 cm³/mol. The number of benzene rings is 1. The summed E-state index contributed by atoms with van der Waals surface area (Å²) in [6, 6.07) is 5.04. The number of alkyl halides is 1. The molecule has 1 aromatic rings. The van der Waals surface area contributed by atoms with Gasteiger partial charge in [0.15, 0.2) is 0 Å². The molecular formula is C12H13ClN2O2. The summed E-state index contributed by atoms with van der Waals surface area (Å²) in [5.74, 6) is 11.5. The van der Waals surface area contributed by atoms with Gasteiger partial charge in [-0.2, -0.15) is 0 Å². The number of methoxy groups -OCH3 is 1. The number of amides is 1. The first kappa shape index (κ1) is 13.4. The number of carbonyl (C=O) groups excluding carboxylic acids is 1. The van der Waals surface area contributed by atoms with Crippen molar-refractivity contribution in [2.24, 2.45) is 5.84 Å². The van der Waals surface area contributed by atoms with Crippen molar-refractivity contribution in [3.05, 3.63) is 29.3 Å². The predicted octanol–water partition coefficient (Wildman–Crippen LogP) is 1.28. The fraction of sp³-hybridized carbons (Fsp3) is 0.250. The smallest absolute Gasteiger partial charge is 0.266 e. The maximum Gasteiger partial charge on any atom is 0.266 e. The molecule has 0 radical (unpaired) electrons. The Kier molecular flexibility index (Phi) is 5.34. The monoisotopic (exact) mass is 252 g/mol. The first-order valence-corrected chi connectivity index (χ1v) is 5.50. The summed E-state index contributed by atoms with van der Waals surface area (Å²) in [7, 11) is 1.53. The quantitative estimate of drug-likeness (QED) is 0.280. The number of nitrogens with two attached hydrogens (primary N) is 1. The average molecular weight is 253 g/mol. The first-order chi connectivity index (χ1) is 8.22. The van der Waals surface area contributed by atoms with E-state index in [9.17, 15) is 4.79 Å². The number of nitrogens with one attached hydrogen (secondary N) is 1. The Balaban J connectivity index is 3.12. The number of hydrogen-bond donors (Lipinski definition) is 2. The largest absolute Gasteiger partial charge is 0.497 e. The Morgan fingerprint density at radius 3 is 2.94 bits per heavy atom. The fourth-order valence-electron chi connectivity index (χ4n) is 1.23. The van der Waals surface area contributed by atoms with Crippen LogP contribution in [0.25, 0.3) is 0 Å². The topological polar surface area (TPSA) is 64.3 Å². The van der Waals surface area contributed by atoms with Gasteiger partial charge < -0.3 is 4.74 Å². The Morgan fingerprint density at radius 2 is 2.35 bits per heavy atom. The van der Waals surface area contributed by atoms with E-state index in [-0.39, 0.29) is 0 Å². The van der Waals surface area contributed by atoms with Gasteiger partial charge >= 0.3 is 0 Å². The van der Waals surface area contributed by atoms with Gasteiger partial charge in [-0.05, 0) is 18.2 Å². The highest BCUT2D eigenvalue weighted by molar-refractivity contribution is 6.18. The lowest BCUT2D eigenvalue weighted by atomic mass is 10.1. The molecule has 0 aliphatic rings. The number of carbonyl (C=O) groups is 1. The van der Waals surface area contributed by atoms with Gasteiger partial charge in [-0.1, -0.05) is 11.8 Å². The SMILES string of the molecule is COc1ccc(C#CCCCl)c(C(=O)NN)c1. The van der Waals surface area contributed by atoms with Crippen LogP contribution in [0.4, 0.5) is 0 Å². The van der Waals surface area contributed by atoms with Crippen molar-refractivity contribution >= 4 is 17.5 Å². The molecule has 90 valence electrons. The van der Waals surface area contributed by atoms with Gasteiger partial charge in [0.05, 0.1) is 12.7 Å². The molecular weight excluding hydrogens is 240 g/mol. The molecule has 0 fully saturated rings. The highest BCUT2D eigenvalue weighted by atomic mass is 35.5. The number of halogens is 1. The maximum atomic E-state index is 11.5. The van der Waals surface area contributed by atoms with Crippen LogP contribution in [0.3, 0.4) is 0 Å². The highest BCUT2D eigenvalue weighted by Crippen LogP contribution is 2.17. The number of hydrazine groups is 1. The zero-order valence-corrected chi connectivity index (χ0v) is 10.2. The van der Waals surface area contributed by atoms with Crippen LogP contribution in [-0.2, 0) is 0 Å². The Morgan fingerprint density at radius 1 is 1.59 bits per heavy atom. The number of rotatable bonds is 3. The van der Waals surface area contributed by atoms with E-state index in [4.69, 9.17) is 22.2 Å². The van der Waals surface area contributed by atoms with Crippen molar-refractivity contribution in [2.45, 2.75) is 6.42 Å². The molecule has 17 heavy (non-hydrogen) atoms. The van der Waals surface area contributed by atoms with Gasteiger partial charge in [0.25, 0.3) is 5.91 Å². The maximum absolute atomic E-state index is 11.5. The number of ether oxygens (including phenoxy) is 1. The van der Waals surface area contributed by atoms with Crippen LogP contribution in [-0.4, -0.2) is 18.9 Å². The molecule has 0 aliphatic carbocycles. The second-order valence-corrected chi connectivity index (χ2v) is 3.50. The molecule has 0 saturated carbocycles. The van der Waals surface area contributed by atoms with E-state index >= 15 is 0 Å². The molecule has 0 aromatic heterocycles. The Bertz CT molecular complexity index is 463.